The number of carbonyl (C=O) groups excluding carboxylic acids is 1. The number of nitrogens with one attached hydrogen (secondary N) is 2. The van der Waals surface area contributed by atoms with Gasteiger partial charge in [-0.3, -0.25) is 5.32 Å². The summed E-state index contributed by atoms with van der Waals surface area (Å²) in [4.78, 5) is 13.3. The lowest BCUT2D eigenvalue weighted by Crippen LogP contribution is -2.40. The molecule has 0 radical (unpaired) electrons. The van der Waals surface area contributed by atoms with Gasteiger partial charge in [0.25, 0.3) is 0 Å². The molecule has 2 N–H and O–H groups in total. The van der Waals surface area contributed by atoms with E-state index in [2.05, 4.69) is 90.4 Å². The van der Waals surface area contributed by atoms with Gasteiger partial charge in [0.15, 0.2) is 8.32 Å². The van der Waals surface area contributed by atoms with Crippen molar-refractivity contribution in [2.75, 3.05) is 17.2 Å². The van der Waals surface area contributed by atoms with Crippen LogP contribution in [-0.4, -0.2) is 30.7 Å². The predicted molar refractivity (Wildman–Crippen MR) is 176 cm³/mol. The molecule has 3 aromatic carbocycles. The summed E-state index contributed by atoms with van der Waals surface area (Å²) in [6.45, 7) is 20.2. The highest BCUT2D eigenvalue weighted by atomic mass is 28.4. The van der Waals surface area contributed by atoms with E-state index in [1.807, 2.05) is 60.7 Å². The van der Waals surface area contributed by atoms with E-state index in [0.717, 1.165) is 39.0 Å². The molecule has 0 saturated heterocycles. The van der Waals surface area contributed by atoms with Crippen molar-refractivity contribution < 1.29 is 9.22 Å². The van der Waals surface area contributed by atoms with E-state index in [1.165, 1.54) is 0 Å². The average molecular weight is 569 g/mol. The molecule has 4 aromatic rings. The molecule has 0 saturated carbocycles. The molecule has 0 aliphatic rings. The van der Waals surface area contributed by atoms with E-state index >= 15 is 0 Å². The minimum Gasteiger partial charge on any atom is -0.413 e. The van der Waals surface area contributed by atoms with Crippen molar-refractivity contribution in [2.45, 2.75) is 72.0 Å². The Kier molecular flexibility index (Phi) is 8.61. The van der Waals surface area contributed by atoms with Gasteiger partial charge in [0.2, 0.25) is 0 Å². The van der Waals surface area contributed by atoms with Crippen molar-refractivity contribution in [3.8, 4) is 5.69 Å². The summed E-state index contributed by atoms with van der Waals surface area (Å²) in [5, 5.41) is 13.1. The summed E-state index contributed by atoms with van der Waals surface area (Å²) in [7, 11) is -1.81. The molecule has 0 bridgehead atoms. The molecule has 6 nitrogen and oxygen atoms in total. The smallest absolute Gasteiger partial charge is 0.324 e. The van der Waals surface area contributed by atoms with Crippen LogP contribution in [0.1, 0.15) is 58.4 Å². The van der Waals surface area contributed by atoms with E-state index < -0.39 is 8.32 Å². The third-order valence-corrected chi connectivity index (χ3v) is 12.3. The van der Waals surface area contributed by atoms with Crippen LogP contribution in [0.3, 0.4) is 0 Å². The van der Waals surface area contributed by atoms with Gasteiger partial charge < -0.3 is 9.74 Å². The van der Waals surface area contributed by atoms with Crippen molar-refractivity contribution in [1.29, 1.82) is 0 Å². The summed E-state index contributed by atoms with van der Waals surface area (Å²) in [5.41, 5.74) is 4.60. The first kappa shape index (κ1) is 30.3. The molecular formula is C34H44N4O2Si. The number of fused-ring (bicyclic) bond motifs is 1. The molecule has 7 heteroatoms. The van der Waals surface area contributed by atoms with Gasteiger partial charge in [0, 0.05) is 16.9 Å². The molecule has 2 amide bonds. The maximum absolute atomic E-state index is 13.3. The largest absolute Gasteiger partial charge is 0.413 e. The first-order chi connectivity index (χ1) is 19.2. The second-order valence-electron chi connectivity index (χ2n) is 13.2. The van der Waals surface area contributed by atoms with Crippen LogP contribution in [-0.2, 0) is 9.84 Å². The molecule has 41 heavy (non-hydrogen) atoms. The minimum atomic E-state index is -1.81. The van der Waals surface area contributed by atoms with Gasteiger partial charge in [0.1, 0.15) is 5.82 Å². The lowest BCUT2D eigenvalue weighted by Gasteiger charge is -2.35. The molecule has 0 fully saturated rings. The van der Waals surface area contributed by atoms with Gasteiger partial charge in [-0.1, -0.05) is 102 Å². The van der Waals surface area contributed by atoms with Crippen LogP contribution in [0.25, 0.3) is 22.5 Å². The number of amides is 2. The van der Waals surface area contributed by atoms with Crippen LogP contribution >= 0.6 is 0 Å². The molecule has 0 spiro atoms. The maximum atomic E-state index is 13.3. The molecule has 0 unspecified atom stereocenters. The molecule has 0 atom stereocenters. The van der Waals surface area contributed by atoms with Crippen molar-refractivity contribution in [3.05, 3.63) is 89.6 Å². The molecule has 0 aliphatic heterocycles. The summed E-state index contributed by atoms with van der Waals surface area (Å²) < 4.78 is 8.10. The number of urea groups is 1. The Labute approximate surface area is 245 Å². The third kappa shape index (κ3) is 7.15. The first-order valence-corrected chi connectivity index (χ1v) is 17.1. The van der Waals surface area contributed by atoms with Gasteiger partial charge in [-0.25, -0.2) is 9.48 Å². The van der Waals surface area contributed by atoms with Crippen LogP contribution in [0, 0.1) is 6.92 Å². The topological polar surface area (TPSA) is 68.2 Å². The van der Waals surface area contributed by atoms with Gasteiger partial charge in [0.05, 0.1) is 23.7 Å². The Bertz CT molecular complexity index is 1550. The maximum Gasteiger partial charge on any atom is 0.324 e. The van der Waals surface area contributed by atoms with Crippen molar-refractivity contribution in [2.24, 2.45) is 0 Å². The normalized spacial score (nSPS) is 12.7. The third-order valence-electron chi connectivity index (χ3n) is 7.85. The molecule has 1 heterocycles. The molecular weight excluding hydrogens is 524 g/mol. The number of hydrogen-bond acceptors (Lipinski definition) is 3. The Morgan fingerprint density at radius 3 is 2.22 bits per heavy atom. The lowest BCUT2D eigenvalue weighted by atomic mass is 9.92. The van der Waals surface area contributed by atoms with E-state index in [-0.39, 0.29) is 16.5 Å². The SMILES string of the molecule is Cc1ccc(-n2nc(C(C)(C)C)cc2NC(=O)Nc2ccc(/C=C/CO[Si](C)(C)C(C)(C)C)c3ccccc23)cc1. The Balaban J connectivity index is 1.55. The highest BCUT2D eigenvalue weighted by Gasteiger charge is 2.36. The van der Waals surface area contributed by atoms with Crippen LogP contribution < -0.4 is 10.6 Å². The predicted octanol–water partition coefficient (Wildman–Crippen LogP) is 9.31. The summed E-state index contributed by atoms with van der Waals surface area (Å²) in [6.07, 6.45) is 4.19. The minimum absolute atomic E-state index is 0.169. The summed E-state index contributed by atoms with van der Waals surface area (Å²) >= 11 is 0. The fourth-order valence-corrected chi connectivity index (χ4v) is 5.16. The van der Waals surface area contributed by atoms with E-state index in [0.29, 0.717) is 12.4 Å². The quantitative estimate of drug-likeness (QED) is 0.218. The number of hydrogen-bond donors (Lipinski definition) is 2. The van der Waals surface area contributed by atoms with E-state index in [1.54, 1.807) is 4.68 Å². The molecule has 0 aliphatic carbocycles. The molecule has 216 valence electrons. The number of carbonyl (C=O) groups is 1. The number of rotatable bonds is 7. The average Bonchev–Trinajstić information content (AvgIpc) is 3.31. The van der Waals surface area contributed by atoms with Crippen LogP contribution in [0.15, 0.2) is 72.8 Å². The Morgan fingerprint density at radius 1 is 0.927 bits per heavy atom. The fourth-order valence-electron chi connectivity index (χ4n) is 4.21. The number of nitrogens with zero attached hydrogens (tertiary/aromatic N) is 2. The van der Waals surface area contributed by atoms with Gasteiger partial charge in [-0.15, -0.1) is 0 Å². The van der Waals surface area contributed by atoms with E-state index in [9.17, 15) is 4.79 Å². The summed E-state index contributed by atoms with van der Waals surface area (Å²) in [5.74, 6) is 0.613. The zero-order chi connectivity index (χ0) is 30.0. The summed E-state index contributed by atoms with van der Waals surface area (Å²) in [6, 6.07) is 21.8. The van der Waals surface area contributed by atoms with Gasteiger partial charge in [-0.05, 0) is 54.2 Å². The number of anilines is 2. The number of aromatic nitrogens is 2. The van der Waals surface area contributed by atoms with Crippen molar-refractivity contribution >= 4 is 42.7 Å². The van der Waals surface area contributed by atoms with Crippen molar-refractivity contribution in [3.63, 3.8) is 0 Å². The highest BCUT2D eigenvalue weighted by Crippen LogP contribution is 2.36. The lowest BCUT2D eigenvalue weighted by molar-refractivity contribution is 0.262. The van der Waals surface area contributed by atoms with Gasteiger partial charge >= 0.3 is 6.03 Å². The molecule has 1 aromatic heterocycles. The zero-order valence-corrected chi connectivity index (χ0v) is 26.9. The molecule has 4 rings (SSSR count). The van der Waals surface area contributed by atoms with E-state index in [4.69, 9.17) is 9.52 Å². The highest BCUT2D eigenvalue weighted by molar-refractivity contribution is 6.74. The number of aryl methyl sites for hydroxylation is 1. The Hall–Kier alpha value is -3.68. The van der Waals surface area contributed by atoms with Crippen LogP contribution in [0.4, 0.5) is 16.3 Å². The van der Waals surface area contributed by atoms with Gasteiger partial charge in [-0.2, -0.15) is 5.10 Å². The zero-order valence-electron chi connectivity index (χ0n) is 25.9. The Morgan fingerprint density at radius 2 is 1.59 bits per heavy atom. The van der Waals surface area contributed by atoms with Crippen LogP contribution in [0.5, 0.6) is 0 Å². The second-order valence-corrected chi connectivity index (χ2v) is 18.0. The standard InChI is InChI=1S/C34H44N4O2Si/c1-24-16-19-26(20-17-24)38-31(23-30(37-38)33(2,3)4)36-32(39)35-29-21-18-25(27-14-10-11-15-28(27)29)13-12-22-40-41(8,9)34(5,6)7/h10-21,23H,22H2,1-9H3,(H2,35,36,39)/b13-12+. The monoisotopic (exact) mass is 568 g/mol. The first-order valence-electron chi connectivity index (χ1n) is 14.2. The van der Waals surface area contributed by atoms with Crippen molar-refractivity contribution in [1.82, 2.24) is 9.78 Å². The fraction of sp³-hybridized carbons (Fsp3) is 0.353. The second kappa shape index (κ2) is 11.7. The number of benzene rings is 3. The van der Waals surface area contributed by atoms with Crippen LogP contribution in [0.2, 0.25) is 18.1 Å².